The second kappa shape index (κ2) is 5.29. The largest absolute Gasteiger partial charge is 0.479 e. The van der Waals surface area contributed by atoms with Gasteiger partial charge in [0.1, 0.15) is 5.82 Å². The molecule has 1 N–H and O–H groups in total. The molecular weight excluding hydrogens is 293 g/mol. The van der Waals surface area contributed by atoms with Crippen molar-refractivity contribution in [3.05, 3.63) is 57.5 Å². The van der Waals surface area contributed by atoms with E-state index in [9.17, 15) is 19.1 Å². The number of aliphatic carboxylic acids is 1. The summed E-state index contributed by atoms with van der Waals surface area (Å²) in [6, 6.07) is 6.30. The first-order valence-corrected chi connectivity index (χ1v) is 7.32. The van der Waals surface area contributed by atoms with Crippen molar-refractivity contribution >= 4 is 23.2 Å². The van der Waals surface area contributed by atoms with E-state index in [0.717, 1.165) is 4.88 Å². The summed E-state index contributed by atoms with van der Waals surface area (Å²) >= 11 is 1.48. The van der Waals surface area contributed by atoms with Crippen LogP contribution in [0.4, 0.5) is 4.39 Å². The number of carbonyl (C=O) groups excluding carboxylic acids is 1. The predicted octanol–water partition coefficient (Wildman–Crippen LogP) is 2.71. The van der Waals surface area contributed by atoms with Crippen LogP contribution in [-0.2, 0) is 11.2 Å². The number of nitrogens with zero attached hydrogens (tertiary/aromatic N) is 1. The lowest BCUT2D eigenvalue weighted by Gasteiger charge is -2.33. The SMILES string of the molecule is O=C(O)C1c2ccsc2CCN1C(=O)c1ccccc1F. The minimum Gasteiger partial charge on any atom is -0.479 e. The summed E-state index contributed by atoms with van der Waals surface area (Å²) in [5.74, 6) is -2.32. The van der Waals surface area contributed by atoms with E-state index in [2.05, 4.69) is 0 Å². The highest BCUT2D eigenvalue weighted by Gasteiger charge is 2.37. The molecule has 2 aromatic rings. The Hall–Kier alpha value is -2.21. The molecule has 1 amide bonds. The summed E-state index contributed by atoms with van der Waals surface area (Å²) in [6.45, 7) is 0.275. The van der Waals surface area contributed by atoms with Crippen LogP contribution < -0.4 is 0 Å². The maximum atomic E-state index is 13.8. The Morgan fingerprint density at radius 2 is 2.05 bits per heavy atom. The smallest absolute Gasteiger partial charge is 0.331 e. The highest BCUT2D eigenvalue weighted by atomic mass is 32.1. The molecule has 1 aromatic heterocycles. The second-order valence-corrected chi connectivity index (χ2v) is 5.77. The minimum absolute atomic E-state index is 0.0950. The van der Waals surface area contributed by atoms with Crippen molar-refractivity contribution in [2.75, 3.05) is 6.54 Å². The third kappa shape index (κ3) is 2.31. The fourth-order valence-corrected chi connectivity index (χ4v) is 3.49. The molecule has 0 radical (unpaired) electrons. The average molecular weight is 305 g/mol. The van der Waals surface area contributed by atoms with Crippen LogP contribution in [-0.4, -0.2) is 28.4 Å². The van der Waals surface area contributed by atoms with Crippen molar-refractivity contribution in [1.82, 2.24) is 4.90 Å². The summed E-state index contributed by atoms with van der Waals surface area (Å²) in [5.41, 5.74) is 0.533. The van der Waals surface area contributed by atoms with Gasteiger partial charge < -0.3 is 10.0 Å². The Labute approximate surface area is 124 Å². The number of amides is 1. The molecule has 1 unspecified atom stereocenters. The van der Waals surface area contributed by atoms with E-state index in [0.29, 0.717) is 12.0 Å². The van der Waals surface area contributed by atoms with Gasteiger partial charge >= 0.3 is 5.97 Å². The molecule has 0 fully saturated rings. The number of rotatable bonds is 2. The highest BCUT2D eigenvalue weighted by molar-refractivity contribution is 7.10. The molecule has 1 aromatic carbocycles. The van der Waals surface area contributed by atoms with Crippen molar-refractivity contribution in [2.24, 2.45) is 0 Å². The standard InChI is InChI=1S/C15H12FNO3S/c16-11-4-2-1-3-9(11)14(18)17-7-5-12-10(6-8-21-12)13(17)15(19)20/h1-4,6,8,13H,5,7H2,(H,19,20). The van der Waals surface area contributed by atoms with Gasteiger partial charge in [0.15, 0.2) is 6.04 Å². The topological polar surface area (TPSA) is 57.6 Å². The van der Waals surface area contributed by atoms with Gasteiger partial charge in [-0.05, 0) is 35.6 Å². The van der Waals surface area contributed by atoms with Gasteiger partial charge in [-0.2, -0.15) is 0 Å². The maximum Gasteiger partial charge on any atom is 0.331 e. The number of hydrogen-bond acceptors (Lipinski definition) is 3. The Bertz CT molecular complexity index is 712. The number of fused-ring (bicyclic) bond motifs is 1. The lowest BCUT2D eigenvalue weighted by molar-refractivity contribution is -0.142. The van der Waals surface area contributed by atoms with E-state index in [-0.39, 0.29) is 12.1 Å². The predicted molar refractivity (Wildman–Crippen MR) is 75.8 cm³/mol. The Morgan fingerprint density at radius 1 is 1.29 bits per heavy atom. The number of benzene rings is 1. The summed E-state index contributed by atoms with van der Waals surface area (Å²) in [5, 5.41) is 11.3. The molecule has 108 valence electrons. The van der Waals surface area contributed by atoms with Crippen molar-refractivity contribution < 1.29 is 19.1 Å². The molecule has 0 bridgehead atoms. The summed E-state index contributed by atoms with van der Waals surface area (Å²) in [7, 11) is 0. The molecule has 0 saturated heterocycles. The minimum atomic E-state index is -1.10. The van der Waals surface area contributed by atoms with Gasteiger partial charge in [0.2, 0.25) is 0 Å². The molecule has 0 saturated carbocycles. The normalized spacial score (nSPS) is 17.4. The molecule has 3 rings (SSSR count). The van der Waals surface area contributed by atoms with Crippen LogP contribution in [0.1, 0.15) is 26.8 Å². The zero-order chi connectivity index (χ0) is 15.0. The van der Waals surface area contributed by atoms with Gasteiger partial charge in [-0.25, -0.2) is 9.18 Å². The molecule has 2 heterocycles. The molecule has 1 aliphatic rings. The number of carboxylic acid groups (broad SMARTS) is 1. The first kappa shape index (κ1) is 13.8. The van der Waals surface area contributed by atoms with Crippen molar-refractivity contribution in [3.8, 4) is 0 Å². The fourth-order valence-electron chi connectivity index (χ4n) is 2.59. The lowest BCUT2D eigenvalue weighted by Crippen LogP contribution is -2.43. The van der Waals surface area contributed by atoms with Gasteiger partial charge in [-0.3, -0.25) is 4.79 Å². The van der Waals surface area contributed by atoms with Crippen LogP contribution in [0.2, 0.25) is 0 Å². The van der Waals surface area contributed by atoms with Gasteiger partial charge in [-0.1, -0.05) is 12.1 Å². The highest BCUT2D eigenvalue weighted by Crippen LogP contribution is 2.34. The number of thiophene rings is 1. The van der Waals surface area contributed by atoms with Crippen molar-refractivity contribution in [3.63, 3.8) is 0 Å². The van der Waals surface area contributed by atoms with E-state index < -0.39 is 23.7 Å². The summed E-state index contributed by atoms with van der Waals surface area (Å²) in [6.07, 6.45) is 0.594. The number of hydrogen-bond donors (Lipinski definition) is 1. The van der Waals surface area contributed by atoms with Gasteiger partial charge in [0, 0.05) is 11.4 Å². The number of carbonyl (C=O) groups is 2. The monoisotopic (exact) mass is 305 g/mol. The lowest BCUT2D eigenvalue weighted by atomic mass is 9.99. The maximum absolute atomic E-state index is 13.8. The molecule has 1 atom stereocenters. The molecule has 1 aliphatic heterocycles. The van der Waals surface area contributed by atoms with Crippen LogP contribution in [0, 0.1) is 5.82 Å². The van der Waals surface area contributed by atoms with Crippen molar-refractivity contribution in [2.45, 2.75) is 12.5 Å². The van der Waals surface area contributed by atoms with Crippen LogP contribution in [0.3, 0.4) is 0 Å². The van der Waals surface area contributed by atoms with E-state index in [1.807, 2.05) is 5.38 Å². The van der Waals surface area contributed by atoms with Gasteiger partial charge in [0.25, 0.3) is 5.91 Å². The van der Waals surface area contributed by atoms with Crippen LogP contribution >= 0.6 is 11.3 Å². The Kier molecular flexibility index (Phi) is 3.47. The van der Waals surface area contributed by atoms with E-state index in [4.69, 9.17) is 0 Å². The average Bonchev–Trinajstić information content (AvgIpc) is 2.94. The van der Waals surface area contributed by atoms with Crippen LogP contribution in [0.5, 0.6) is 0 Å². The number of carboxylic acids is 1. The summed E-state index contributed by atoms with van der Waals surface area (Å²) in [4.78, 5) is 26.3. The Morgan fingerprint density at radius 3 is 2.76 bits per heavy atom. The molecule has 21 heavy (non-hydrogen) atoms. The first-order valence-electron chi connectivity index (χ1n) is 6.44. The number of halogens is 1. The third-order valence-corrected chi connectivity index (χ3v) is 4.56. The first-order chi connectivity index (χ1) is 10.1. The van der Waals surface area contributed by atoms with Crippen LogP contribution in [0.15, 0.2) is 35.7 Å². The van der Waals surface area contributed by atoms with Gasteiger partial charge in [0.05, 0.1) is 5.56 Å². The fraction of sp³-hybridized carbons (Fsp3) is 0.200. The van der Waals surface area contributed by atoms with Crippen molar-refractivity contribution in [1.29, 1.82) is 0 Å². The molecular formula is C15H12FNO3S. The third-order valence-electron chi connectivity index (χ3n) is 3.56. The second-order valence-electron chi connectivity index (χ2n) is 4.77. The molecule has 4 nitrogen and oxygen atoms in total. The van der Waals surface area contributed by atoms with Crippen LogP contribution in [0.25, 0.3) is 0 Å². The molecule has 0 spiro atoms. The molecule has 6 heteroatoms. The van der Waals surface area contributed by atoms with E-state index >= 15 is 0 Å². The zero-order valence-corrected chi connectivity index (χ0v) is 11.8. The quantitative estimate of drug-likeness (QED) is 0.928. The van der Waals surface area contributed by atoms with E-state index in [1.54, 1.807) is 12.1 Å². The van der Waals surface area contributed by atoms with E-state index in [1.165, 1.54) is 34.4 Å². The Balaban J connectivity index is 2.00. The molecule has 0 aliphatic carbocycles. The van der Waals surface area contributed by atoms with Gasteiger partial charge in [-0.15, -0.1) is 11.3 Å². The summed E-state index contributed by atoms with van der Waals surface area (Å²) < 4.78 is 13.8. The zero-order valence-electron chi connectivity index (χ0n) is 11.0.